The number of halogens is 1. The Kier molecular flexibility index (Phi) is 3.64. The lowest BCUT2D eigenvalue weighted by molar-refractivity contribution is 0.588. The number of anilines is 1. The highest BCUT2D eigenvalue weighted by molar-refractivity contribution is 14.1. The molecule has 0 atom stereocenters. The predicted octanol–water partition coefficient (Wildman–Crippen LogP) is 2.03. The van der Waals surface area contributed by atoms with Crippen LogP contribution >= 0.6 is 22.6 Å². The van der Waals surface area contributed by atoms with Gasteiger partial charge in [-0.1, -0.05) is 40.8 Å². The number of hydrogen-bond acceptors (Lipinski definition) is 2. The van der Waals surface area contributed by atoms with Gasteiger partial charge in [-0.25, -0.2) is 0 Å². The summed E-state index contributed by atoms with van der Waals surface area (Å²) < 4.78 is 1.10. The molecule has 1 aliphatic rings. The second kappa shape index (κ2) is 4.98. The molecule has 1 aromatic carbocycles. The van der Waals surface area contributed by atoms with Gasteiger partial charge >= 0.3 is 0 Å². The zero-order valence-corrected chi connectivity index (χ0v) is 10.3. The molecule has 1 N–H and O–H groups in total. The van der Waals surface area contributed by atoms with Crippen LogP contribution in [-0.4, -0.2) is 26.2 Å². The molecule has 0 bridgehead atoms. The lowest BCUT2D eigenvalue weighted by atomic mass is 10.1. The summed E-state index contributed by atoms with van der Waals surface area (Å²) in [5, 5.41) is 3.38. The highest BCUT2D eigenvalue weighted by Gasteiger charge is 2.12. The number of hydrogen-bond donors (Lipinski definition) is 1. The van der Waals surface area contributed by atoms with Gasteiger partial charge < -0.3 is 10.2 Å². The summed E-state index contributed by atoms with van der Waals surface area (Å²) in [6, 6.07) is 8.72. The number of benzene rings is 1. The SMILES string of the molecule is ICc1ccccc1N1CCNCC1. The van der Waals surface area contributed by atoms with Crippen LogP contribution in [0.5, 0.6) is 0 Å². The fraction of sp³-hybridized carbons (Fsp3) is 0.455. The largest absolute Gasteiger partial charge is 0.369 e. The molecule has 2 rings (SSSR count). The molecular formula is C11H15IN2. The summed E-state index contributed by atoms with van der Waals surface area (Å²) in [4.78, 5) is 2.48. The Morgan fingerprint density at radius 2 is 1.93 bits per heavy atom. The van der Waals surface area contributed by atoms with E-state index in [0.717, 1.165) is 30.6 Å². The number of nitrogens with one attached hydrogen (secondary N) is 1. The maximum absolute atomic E-state index is 3.38. The van der Waals surface area contributed by atoms with Crippen molar-refractivity contribution in [3.8, 4) is 0 Å². The minimum atomic E-state index is 1.10. The zero-order valence-electron chi connectivity index (χ0n) is 8.17. The highest BCUT2D eigenvalue weighted by atomic mass is 127. The molecule has 1 aromatic rings. The number of alkyl halides is 1. The van der Waals surface area contributed by atoms with E-state index in [9.17, 15) is 0 Å². The third-order valence-electron chi connectivity index (χ3n) is 2.59. The van der Waals surface area contributed by atoms with Gasteiger partial charge in [0.15, 0.2) is 0 Å². The van der Waals surface area contributed by atoms with E-state index in [1.807, 2.05) is 0 Å². The summed E-state index contributed by atoms with van der Waals surface area (Å²) in [5.74, 6) is 0. The van der Waals surface area contributed by atoms with Crippen molar-refractivity contribution in [3.63, 3.8) is 0 Å². The molecule has 76 valence electrons. The van der Waals surface area contributed by atoms with E-state index in [4.69, 9.17) is 0 Å². The second-order valence-electron chi connectivity index (χ2n) is 3.50. The summed E-state index contributed by atoms with van der Waals surface area (Å²) >= 11 is 2.43. The Morgan fingerprint density at radius 3 is 2.64 bits per heavy atom. The molecular weight excluding hydrogens is 287 g/mol. The molecule has 0 aromatic heterocycles. The van der Waals surface area contributed by atoms with Gasteiger partial charge in [0.1, 0.15) is 0 Å². The molecule has 14 heavy (non-hydrogen) atoms. The topological polar surface area (TPSA) is 15.3 Å². The van der Waals surface area contributed by atoms with Crippen LogP contribution in [0.4, 0.5) is 5.69 Å². The quantitative estimate of drug-likeness (QED) is 0.664. The minimum absolute atomic E-state index is 1.10. The van der Waals surface area contributed by atoms with Gasteiger partial charge in [-0.05, 0) is 11.6 Å². The Bertz CT molecular complexity index is 295. The Hall–Kier alpha value is -0.290. The number of nitrogens with zero attached hydrogens (tertiary/aromatic N) is 1. The van der Waals surface area contributed by atoms with Crippen LogP contribution in [0.3, 0.4) is 0 Å². The molecule has 1 fully saturated rings. The van der Waals surface area contributed by atoms with E-state index >= 15 is 0 Å². The van der Waals surface area contributed by atoms with Crippen LogP contribution in [0, 0.1) is 0 Å². The molecule has 0 saturated carbocycles. The molecule has 0 radical (unpaired) electrons. The molecule has 0 spiro atoms. The highest BCUT2D eigenvalue weighted by Crippen LogP contribution is 2.22. The van der Waals surface area contributed by atoms with Crippen LogP contribution < -0.4 is 10.2 Å². The van der Waals surface area contributed by atoms with Gasteiger partial charge in [0.05, 0.1) is 0 Å². The first-order valence-corrected chi connectivity index (χ1v) is 6.54. The number of piperazine rings is 1. The summed E-state index contributed by atoms with van der Waals surface area (Å²) in [6.45, 7) is 4.48. The zero-order chi connectivity index (χ0) is 9.80. The summed E-state index contributed by atoms with van der Waals surface area (Å²) in [7, 11) is 0. The number of rotatable bonds is 2. The average Bonchev–Trinajstić information content (AvgIpc) is 2.30. The standard InChI is InChI=1S/C11H15IN2/c12-9-10-3-1-2-4-11(10)14-7-5-13-6-8-14/h1-4,13H,5-9H2. The van der Waals surface area contributed by atoms with Gasteiger partial charge in [0.2, 0.25) is 0 Å². The lowest BCUT2D eigenvalue weighted by Gasteiger charge is -2.30. The van der Waals surface area contributed by atoms with E-state index in [-0.39, 0.29) is 0 Å². The van der Waals surface area contributed by atoms with Crippen molar-refractivity contribution in [2.75, 3.05) is 31.1 Å². The van der Waals surface area contributed by atoms with Crippen molar-refractivity contribution < 1.29 is 0 Å². The fourth-order valence-corrected chi connectivity index (χ4v) is 2.48. The monoisotopic (exact) mass is 302 g/mol. The fourth-order valence-electron chi connectivity index (χ4n) is 1.84. The van der Waals surface area contributed by atoms with Crippen LogP contribution in [0.1, 0.15) is 5.56 Å². The van der Waals surface area contributed by atoms with Crippen molar-refractivity contribution in [1.82, 2.24) is 5.32 Å². The summed E-state index contributed by atoms with van der Waals surface area (Å²) in [5.41, 5.74) is 2.87. The average molecular weight is 302 g/mol. The molecule has 3 heteroatoms. The smallest absolute Gasteiger partial charge is 0.0407 e. The van der Waals surface area contributed by atoms with E-state index in [1.54, 1.807) is 0 Å². The van der Waals surface area contributed by atoms with Gasteiger partial charge in [0.25, 0.3) is 0 Å². The van der Waals surface area contributed by atoms with E-state index in [0.29, 0.717) is 0 Å². The predicted molar refractivity (Wildman–Crippen MR) is 69.2 cm³/mol. The van der Waals surface area contributed by atoms with Crippen LogP contribution in [-0.2, 0) is 4.43 Å². The second-order valence-corrected chi connectivity index (χ2v) is 4.26. The van der Waals surface area contributed by atoms with Gasteiger partial charge in [-0.2, -0.15) is 0 Å². The maximum atomic E-state index is 3.38. The van der Waals surface area contributed by atoms with E-state index in [2.05, 4.69) is 57.1 Å². The van der Waals surface area contributed by atoms with Gasteiger partial charge in [-0.15, -0.1) is 0 Å². The van der Waals surface area contributed by atoms with E-state index < -0.39 is 0 Å². The first-order chi connectivity index (χ1) is 6.92. The van der Waals surface area contributed by atoms with Crippen LogP contribution in [0.2, 0.25) is 0 Å². The van der Waals surface area contributed by atoms with Crippen molar-refractivity contribution in [2.24, 2.45) is 0 Å². The number of para-hydroxylation sites is 1. The normalized spacial score (nSPS) is 17.1. The van der Waals surface area contributed by atoms with Crippen molar-refractivity contribution in [3.05, 3.63) is 29.8 Å². The molecule has 0 unspecified atom stereocenters. The lowest BCUT2D eigenvalue weighted by Crippen LogP contribution is -2.43. The third kappa shape index (κ3) is 2.20. The maximum Gasteiger partial charge on any atom is 0.0407 e. The molecule has 1 saturated heterocycles. The van der Waals surface area contributed by atoms with Gasteiger partial charge in [0, 0.05) is 36.3 Å². The minimum Gasteiger partial charge on any atom is -0.369 e. The van der Waals surface area contributed by atoms with Crippen LogP contribution in [0.25, 0.3) is 0 Å². The molecule has 0 aliphatic carbocycles. The Morgan fingerprint density at radius 1 is 1.21 bits per heavy atom. The van der Waals surface area contributed by atoms with Crippen LogP contribution in [0.15, 0.2) is 24.3 Å². The first kappa shape index (κ1) is 10.2. The first-order valence-electron chi connectivity index (χ1n) is 5.01. The Balaban J connectivity index is 2.20. The molecule has 1 heterocycles. The molecule has 2 nitrogen and oxygen atoms in total. The molecule has 0 amide bonds. The van der Waals surface area contributed by atoms with Gasteiger partial charge in [-0.3, -0.25) is 0 Å². The van der Waals surface area contributed by atoms with Crippen molar-refractivity contribution in [1.29, 1.82) is 0 Å². The summed E-state index contributed by atoms with van der Waals surface area (Å²) in [6.07, 6.45) is 0. The van der Waals surface area contributed by atoms with Crippen molar-refractivity contribution in [2.45, 2.75) is 4.43 Å². The Labute approximate surface area is 98.8 Å². The molecule has 1 aliphatic heterocycles. The van der Waals surface area contributed by atoms with Crippen molar-refractivity contribution >= 4 is 28.3 Å². The third-order valence-corrected chi connectivity index (χ3v) is 3.42. The van der Waals surface area contributed by atoms with E-state index in [1.165, 1.54) is 11.3 Å².